The summed E-state index contributed by atoms with van der Waals surface area (Å²) in [4.78, 5) is 12.5. The SMILES string of the molecule is Cc1c(C(=O)NC(C)CC(O)c2ccco2)oc2c(C)cccc12. The van der Waals surface area contributed by atoms with Crippen molar-refractivity contribution >= 4 is 16.9 Å². The Balaban J connectivity index is 1.73. The second kappa shape index (κ2) is 6.53. The van der Waals surface area contributed by atoms with Crippen LogP contribution in [-0.2, 0) is 0 Å². The maximum atomic E-state index is 12.5. The van der Waals surface area contributed by atoms with E-state index in [0.717, 1.165) is 22.1 Å². The first kappa shape index (κ1) is 16.3. The van der Waals surface area contributed by atoms with Gasteiger partial charge in [0.25, 0.3) is 5.91 Å². The summed E-state index contributed by atoms with van der Waals surface area (Å²) in [5, 5.41) is 13.9. The van der Waals surface area contributed by atoms with E-state index in [4.69, 9.17) is 8.83 Å². The number of nitrogens with one attached hydrogen (secondary N) is 1. The summed E-state index contributed by atoms with van der Waals surface area (Å²) in [6.45, 7) is 5.67. The number of rotatable bonds is 5. The second-order valence-electron chi connectivity index (χ2n) is 6.15. The first-order valence-corrected chi connectivity index (χ1v) is 7.98. The maximum absolute atomic E-state index is 12.5. The fourth-order valence-corrected chi connectivity index (χ4v) is 2.88. The van der Waals surface area contributed by atoms with Crippen LogP contribution in [0.4, 0.5) is 0 Å². The number of hydrogen-bond donors (Lipinski definition) is 2. The van der Waals surface area contributed by atoms with Gasteiger partial charge in [-0.25, -0.2) is 0 Å². The summed E-state index contributed by atoms with van der Waals surface area (Å²) in [5.74, 6) is 0.535. The lowest BCUT2D eigenvalue weighted by Crippen LogP contribution is -2.33. The van der Waals surface area contributed by atoms with Crippen molar-refractivity contribution in [1.82, 2.24) is 5.32 Å². The van der Waals surface area contributed by atoms with E-state index in [2.05, 4.69) is 5.32 Å². The smallest absolute Gasteiger partial charge is 0.287 e. The van der Waals surface area contributed by atoms with E-state index in [1.54, 1.807) is 12.1 Å². The molecule has 0 bridgehead atoms. The van der Waals surface area contributed by atoms with Crippen LogP contribution < -0.4 is 5.32 Å². The summed E-state index contributed by atoms with van der Waals surface area (Å²) in [5.41, 5.74) is 2.56. The van der Waals surface area contributed by atoms with Crippen molar-refractivity contribution in [3.8, 4) is 0 Å². The number of carbonyl (C=O) groups excluding carboxylic acids is 1. The highest BCUT2D eigenvalue weighted by atomic mass is 16.4. The molecule has 3 aromatic rings. The largest absolute Gasteiger partial charge is 0.467 e. The Morgan fingerprint density at radius 1 is 1.25 bits per heavy atom. The standard InChI is InChI=1S/C19H21NO4/c1-11-6-4-7-14-13(3)18(24-17(11)14)19(22)20-12(2)10-15(21)16-8-5-9-23-16/h4-9,12,15,21H,10H2,1-3H3,(H,20,22). The molecule has 2 heterocycles. The average Bonchev–Trinajstić information content (AvgIpc) is 3.16. The quantitative estimate of drug-likeness (QED) is 0.745. The highest BCUT2D eigenvalue weighted by Gasteiger charge is 2.22. The van der Waals surface area contributed by atoms with Gasteiger partial charge in [-0.15, -0.1) is 0 Å². The lowest BCUT2D eigenvalue weighted by atomic mass is 10.1. The molecule has 0 spiro atoms. The van der Waals surface area contributed by atoms with Crippen LogP contribution in [0, 0.1) is 13.8 Å². The van der Waals surface area contributed by atoms with Crippen LogP contribution in [0.15, 0.2) is 45.4 Å². The number of aliphatic hydroxyl groups excluding tert-OH is 1. The highest BCUT2D eigenvalue weighted by Crippen LogP contribution is 2.28. The number of para-hydroxylation sites is 1. The number of amides is 1. The number of carbonyl (C=O) groups is 1. The third-order valence-electron chi connectivity index (χ3n) is 4.19. The van der Waals surface area contributed by atoms with Gasteiger partial charge in [-0.05, 0) is 38.5 Å². The minimum Gasteiger partial charge on any atom is -0.467 e. The van der Waals surface area contributed by atoms with Crippen LogP contribution in [0.5, 0.6) is 0 Å². The molecule has 5 nitrogen and oxygen atoms in total. The van der Waals surface area contributed by atoms with Gasteiger partial charge in [0.1, 0.15) is 17.4 Å². The molecule has 126 valence electrons. The van der Waals surface area contributed by atoms with Crippen molar-refractivity contribution in [2.45, 2.75) is 39.3 Å². The highest BCUT2D eigenvalue weighted by molar-refractivity contribution is 5.99. The molecule has 2 aromatic heterocycles. The fourth-order valence-electron chi connectivity index (χ4n) is 2.88. The Bertz CT molecular complexity index is 848. The molecule has 2 unspecified atom stereocenters. The topological polar surface area (TPSA) is 75.6 Å². The van der Waals surface area contributed by atoms with Crippen LogP contribution in [-0.4, -0.2) is 17.1 Å². The summed E-state index contributed by atoms with van der Waals surface area (Å²) in [6.07, 6.45) is 1.12. The predicted molar refractivity (Wildman–Crippen MR) is 90.9 cm³/mol. The van der Waals surface area contributed by atoms with Gasteiger partial charge in [0.2, 0.25) is 0 Å². The van der Waals surface area contributed by atoms with E-state index >= 15 is 0 Å². The zero-order valence-corrected chi connectivity index (χ0v) is 14.0. The van der Waals surface area contributed by atoms with Gasteiger partial charge in [0.15, 0.2) is 5.76 Å². The molecule has 2 N–H and O–H groups in total. The van der Waals surface area contributed by atoms with Gasteiger partial charge in [-0.2, -0.15) is 0 Å². The van der Waals surface area contributed by atoms with Crippen LogP contribution >= 0.6 is 0 Å². The lowest BCUT2D eigenvalue weighted by molar-refractivity contribution is 0.0877. The number of benzene rings is 1. The first-order chi connectivity index (χ1) is 11.5. The van der Waals surface area contributed by atoms with Gasteiger partial charge in [-0.3, -0.25) is 4.79 Å². The van der Waals surface area contributed by atoms with Gasteiger partial charge in [0.05, 0.1) is 6.26 Å². The van der Waals surface area contributed by atoms with Gasteiger partial charge in [0, 0.05) is 23.4 Å². The summed E-state index contributed by atoms with van der Waals surface area (Å²) < 4.78 is 11.0. The number of fused-ring (bicyclic) bond motifs is 1. The van der Waals surface area contributed by atoms with E-state index in [9.17, 15) is 9.90 Å². The third-order valence-corrected chi connectivity index (χ3v) is 4.19. The summed E-state index contributed by atoms with van der Waals surface area (Å²) in [7, 11) is 0. The molecule has 2 atom stereocenters. The number of aryl methyl sites for hydroxylation is 2. The minimum atomic E-state index is -0.755. The minimum absolute atomic E-state index is 0.230. The van der Waals surface area contributed by atoms with E-state index < -0.39 is 6.10 Å². The van der Waals surface area contributed by atoms with Crippen molar-refractivity contribution in [3.05, 3.63) is 59.2 Å². The molecule has 0 saturated carbocycles. The Hall–Kier alpha value is -2.53. The molecule has 1 amide bonds. The molecule has 0 aliphatic carbocycles. The van der Waals surface area contributed by atoms with Gasteiger partial charge >= 0.3 is 0 Å². The van der Waals surface area contributed by atoms with Crippen LogP contribution in [0.2, 0.25) is 0 Å². The summed E-state index contributed by atoms with van der Waals surface area (Å²) >= 11 is 0. The third kappa shape index (κ3) is 3.08. The van der Waals surface area contributed by atoms with Crippen LogP contribution in [0.25, 0.3) is 11.0 Å². The summed E-state index contributed by atoms with van der Waals surface area (Å²) in [6, 6.07) is 9.06. The second-order valence-corrected chi connectivity index (χ2v) is 6.15. The molecule has 0 radical (unpaired) electrons. The first-order valence-electron chi connectivity index (χ1n) is 7.98. The molecule has 5 heteroatoms. The van der Waals surface area contributed by atoms with E-state index in [1.807, 2.05) is 39.0 Å². The Morgan fingerprint density at radius 3 is 2.71 bits per heavy atom. The molecule has 1 aromatic carbocycles. The van der Waals surface area contributed by atoms with E-state index in [0.29, 0.717) is 17.9 Å². The Morgan fingerprint density at radius 2 is 2.04 bits per heavy atom. The zero-order valence-electron chi connectivity index (χ0n) is 14.0. The Labute approximate surface area is 140 Å². The molecular formula is C19H21NO4. The van der Waals surface area contributed by atoms with Gasteiger partial charge < -0.3 is 19.3 Å². The maximum Gasteiger partial charge on any atom is 0.287 e. The fraction of sp³-hybridized carbons (Fsp3) is 0.316. The molecular weight excluding hydrogens is 306 g/mol. The molecule has 3 rings (SSSR count). The monoisotopic (exact) mass is 327 g/mol. The molecule has 0 saturated heterocycles. The number of furan rings is 2. The zero-order chi connectivity index (χ0) is 17.3. The normalized spacial score (nSPS) is 13.8. The molecule has 0 aliphatic rings. The Kier molecular flexibility index (Phi) is 4.44. The molecule has 0 fully saturated rings. The number of aliphatic hydroxyl groups is 1. The van der Waals surface area contributed by atoms with Crippen molar-refractivity contribution in [3.63, 3.8) is 0 Å². The van der Waals surface area contributed by atoms with Crippen molar-refractivity contribution < 1.29 is 18.7 Å². The van der Waals surface area contributed by atoms with Crippen molar-refractivity contribution in [1.29, 1.82) is 0 Å². The van der Waals surface area contributed by atoms with E-state index in [-0.39, 0.29) is 11.9 Å². The molecule has 0 aliphatic heterocycles. The lowest BCUT2D eigenvalue weighted by Gasteiger charge is -2.16. The van der Waals surface area contributed by atoms with Crippen LogP contribution in [0.1, 0.15) is 46.9 Å². The predicted octanol–water partition coefficient (Wildman–Crippen LogP) is 3.88. The van der Waals surface area contributed by atoms with Crippen molar-refractivity contribution in [2.24, 2.45) is 0 Å². The average molecular weight is 327 g/mol. The molecule has 24 heavy (non-hydrogen) atoms. The van der Waals surface area contributed by atoms with Gasteiger partial charge in [-0.1, -0.05) is 18.2 Å². The van der Waals surface area contributed by atoms with Crippen LogP contribution in [0.3, 0.4) is 0 Å². The van der Waals surface area contributed by atoms with Crippen molar-refractivity contribution in [2.75, 3.05) is 0 Å². The van der Waals surface area contributed by atoms with E-state index in [1.165, 1.54) is 6.26 Å². The number of hydrogen-bond acceptors (Lipinski definition) is 4.